The van der Waals surface area contributed by atoms with Crippen LogP contribution in [0.15, 0.2) is 54.6 Å². The second-order valence-corrected chi connectivity index (χ2v) is 7.77. The van der Waals surface area contributed by atoms with Crippen LogP contribution in [-0.2, 0) is 22.6 Å². The van der Waals surface area contributed by atoms with E-state index in [4.69, 9.17) is 0 Å². The SMILES string of the molecule is CN(C)Cc1ccc(NC(=O)[C@H]2CCCN(C(=O)Cc3ccccc3)C2)cc1. The number of piperidine rings is 1. The fourth-order valence-electron chi connectivity index (χ4n) is 3.60. The Kier molecular flexibility index (Phi) is 6.82. The van der Waals surface area contributed by atoms with E-state index >= 15 is 0 Å². The highest BCUT2D eigenvalue weighted by molar-refractivity contribution is 5.93. The summed E-state index contributed by atoms with van der Waals surface area (Å²) in [6.07, 6.45) is 2.07. The minimum atomic E-state index is -0.157. The molecule has 0 aliphatic carbocycles. The zero-order chi connectivity index (χ0) is 19.9. The van der Waals surface area contributed by atoms with Gasteiger partial charge in [-0.1, -0.05) is 42.5 Å². The number of hydrogen-bond acceptors (Lipinski definition) is 3. The van der Waals surface area contributed by atoms with E-state index in [0.717, 1.165) is 37.2 Å². The van der Waals surface area contributed by atoms with Gasteiger partial charge in [-0.2, -0.15) is 0 Å². The first-order valence-electron chi connectivity index (χ1n) is 9.87. The Morgan fingerprint density at radius 3 is 2.43 bits per heavy atom. The van der Waals surface area contributed by atoms with Gasteiger partial charge in [0.25, 0.3) is 0 Å². The topological polar surface area (TPSA) is 52.7 Å². The molecule has 5 heteroatoms. The minimum absolute atomic E-state index is 0.00225. The van der Waals surface area contributed by atoms with Gasteiger partial charge in [-0.05, 0) is 50.2 Å². The molecule has 28 heavy (non-hydrogen) atoms. The number of anilines is 1. The number of amides is 2. The zero-order valence-corrected chi connectivity index (χ0v) is 16.7. The molecular weight excluding hydrogens is 350 g/mol. The van der Waals surface area contributed by atoms with Crippen LogP contribution in [0.5, 0.6) is 0 Å². The number of carbonyl (C=O) groups excluding carboxylic acids is 2. The van der Waals surface area contributed by atoms with Crippen LogP contribution in [0.25, 0.3) is 0 Å². The largest absolute Gasteiger partial charge is 0.342 e. The lowest BCUT2D eigenvalue weighted by molar-refractivity contribution is -0.133. The maximum absolute atomic E-state index is 12.7. The molecule has 0 radical (unpaired) electrons. The van der Waals surface area contributed by atoms with Gasteiger partial charge >= 0.3 is 0 Å². The molecule has 0 unspecified atom stereocenters. The Hall–Kier alpha value is -2.66. The second kappa shape index (κ2) is 9.51. The third-order valence-electron chi connectivity index (χ3n) is 5.06. The molecule has 1 heterocycles. The summed E-state index contributed by atoms with van der Waals surface area (Å²) < 4.78 is 0. The van der Waals surface area contributed by atoms with E-state index in [0.29, 0.717) is 13.0 Å². The van der Waals surface area contributed by atoms with Gasteiger partial charge in [0, 0.05) is 25.3 Å². The van der Waals surface area contributed by atoms with Crippen LogP contribution < -0.4 is 5.32 Å². The van der Waals surface area contributed by atoms with Crippen molar-refractivity contribution in [1.29, 1.82) is 0 Å². The molecule has 148 valence electrons. The number of carbonyl (C=O) groups is 2. The van der Waals surface area contributed by atoms with Gasteiger partial charge < -0.3 is 15.1 Å². The highest BCUT2D eigenvalue weighted by Gasteiger charge is 2.28. The van der Waals surface area contributed by atoms with Gasteiger partial charge in [-0.3, -0.25) is 9.59 Å². The van der Waals surface area contributed by atoms with Crippen molar-refractivity contribution in [2.24, 2.45) is 5.92 Å². The number of benzene rings is 2. The van der Waals surface area contributed by atoms with Gasteiger partial charge in [0.2, 0.25) is 11.8 Å². The van der Waals surface area contributed by atoms with Crippen LogP contribution in [-0.4, -0.2) is 48.8 Å². The molecule has 0 spiro atoms. The van der Waals surface area contributed by atoms with Crippen molar-refractivity contribution < 1.29 is 9.59 Å². The summed E-state index contributed by atoms with van der Waals surface area (Å²) in [4.78, 5) is 29.3. The molecule has 1 aliphatic rings. The van der Waals surface area contributed by atoms with Crippen molar-refractivity contribution in [3.63, 3.8) is 0 Å². The first-order valence-corrected chi connectivity index (χ1v) is 9.87. The zero-order valence-electron chi connectivity index (χ0n) is 16.7. The number of rotatable bonds is 6. The van der Waals surface area contributed by atoms with Crippen LogP contribution in [0.3, 0.4) is 0 Å². The number of hydrogen-bond donors (Lipinski definition) is 1. The summed E-state index contributed by atoms with van der Waals surface area (Å²) >= 11 is 0. The Morgan fingerprint density at radius 2 is 1.75 bits per heavy atom. The molecule has 1 saturated heterocycles. The van der Waals surface area contributed by atoms with E-state index in [1.54, 1.807) is 0 Å². The molecule has 1 aliphatic heterocycles. The van der Waals surface area contributed by atoms with E-state index in [-0.39, 0.29) is 17.7 Å². The lowest BCUT2D eigenvalue weighted by atomic mass is 9.96. The third-order valence-corrected chi connectivity index (χ3v) is 5.06. The van der Waals surface area contributed by atoms with Crippen molar-refractivity contribution in [1.82, 2.24) is 9.80 Å². The Labute approximate surface area is 167 Å². The number of nitrogens with zero attached hydrogens (tertiary/aromatic N) is 2. The maximum Gasteiger partial charge on any atom is 0.229 e. The highest BCUT2D eigenvalue weighted by atomic mass is 16.2. The molecule has 2 aromatic carbocycles. The monoisotopic (exact) mass is 379 g/mol. The van der Waals surface area contributed by atoms with E-state index < -0.39 is 0 Å². The summed E-state index contributed by atoms with van der Waals surface area (Å²) in [5.74, 6) is -0.0655. The van der Waals surface area contributed by atoms with Crippen LogP contribution in [0.1, 0.15) is 24.0 Å². The van der Waals surface area contributed by atoms with Crippen LogP contribution in [0.4, 0.5) is 5.69 Å². The quantitative estimate of drug-likeness (QED) is 0.839. The molecule has 1 fully saturated rings. The molecule has 0 bridgehead atoms. The maximum atomic E-state index is 12.7. The number of likely N-dealkylation sites (tertiary alicyclic amines) is 1. The molecule has 1 atom stereocenters. The molecule has 5 nitrogen and oxygen atoms in total. The van der Waals surface area contributed by atoms with Crippen molar-refractivity contribution >= 4 is 17.5 Å². The molecule has 2 amide bonds. The van der Waals surface area contributed by atoms with Crippen molar-refractivity contribution in [3.05, 3.63) is 65.7 Å². The second-order valence-electron chi connectivity index (χ2n) is 7.77. The molecule has 2 aromatic rings. The highest BCUT2D eigenvalue weighted by Crippen LogP contribution is 2.20. The fourth-order valence-corrected chi connectivity index (χ4v) is 3.60. The first-order chi connectivity index (χ1) is 13.5. The smallest absolute Gasteiger partial charge is 0.229 e. The Balaban J connectivity index is 1.54. The van der Waals surface area contributed by atoms with Gasteiger partial charge in [-0.15, -0.1) is 0 Å². The summed E-state index contributed by atoms with van der Waals surface area (Å²) in [5, 5.41) is 3.01. The Bertz CT molecular complexity index is 787. The molecular formula is C23H29N3O2. The standard InChI is InChI=1S/C23H29N3O2/c1-25(2)16-19-10-12-21(13-11-19)24-23(28)20-9-6-14-26(17-20)22(27)15-18-7-4-3-5-8-18/h3-5,7-8,10-13,20H,6,9,14-17H2,1-2H3,(H,24,28)/t20-/m0/s1. The van der Waals surface area contributed by atoms with Gasteiger partial charge in [-0.25, -0.2) is 0 Å². The number of nitrogens with one attached hydrogen (secondary N) is 1. The average molecular weight is 380 g/mol. The van der Waals surface area contributed by atoms with E-state index in [1.165, 1.54) is 5.56 Å². The molecule has 1 N–H and O–H groups in total. The van der Waals surface area contributed by atoms with Crippen LogP contribution in [0, 0.1) is 5.92 Å². The summed E-state index contributed by atoms with van der Waals surface area (Å²) in [5.41, 5.74) is 3.02. The lowest BCUT2D eigenvalue weighted by Gasteiger charge is -2.32. The average Bonchev–Trinajstić information content (AvgIpc) is 2.70. The molecule has 3 rings (SSSR count). The predicted molar refractivity (Wildman–Crippen MR) is 112 cm³/mol. The van der Waals surface area contributed by atoms with Crippen molar-refractivity contribution in [2.45, 2.75) is 25.8 Å². The van der Waals surface area contributed by atoms with Gasteiger partial charge in [0.1, 0.15) is 0 Å². The minimum Gasteiger partial charge on any atom is -0.342 e. The van der Waals surface area contributed by atoms with E-state index in [9.17, 15) is 9.59 Å². The third kappa shape index (κ3) is 5.67. The van der Waals surface area contributed by atoms with Crippen LogP contribution in [0.2, 0.25) is 0 Å². The van der Waals surface area contributed by atoms with Gasteiger partial charge in [0.15, 0.2) is 0 Å². The molecule has 0 aromatic heterocycles. The Morgan fingerprint density at radius 1 is 1.04 bits per heavy atom. The summed E-state index contributed by atoms with van der Waals surface area (Å²) in [6.45, 7) is 2.10. The van der Waals surface area contributed by atoms with E-state index in [2.05, 4.69) is 10.2 Å². The van der Waals surface area contributed by atoms with Gasteiger partial charge in [0.05, 0.1) is 12.3 Å². The summed E-state index contributed by atoms with van der Waals surface area (Å²) in [6, 6.07) is 17.7. The fraction of sp³-hybridized carbons (Fsp3) is 0.391. The van der Waals surface area contributed by atoms with Crippen molar-refractivity contribution in [3.8, 4) is 0 Å². The predicted octanol–water partition coefficient (Wildman–Crippen LogP) is 3.17. The lowest BCUT2D eigenvalue weighted by Crippen LogP contribution is -2.44. The first kappa shape index (κ1) is 20.1. The van der Waals surface area contributed by atoms with Crippen LogP contribution >= 0.6 is 0 Å². The van der Waals surface area contributed by atoms with E-state index in [1.807, 2.05) is 73.6 Å². The summed E-state index contributed by atoms with van der Waals surface area (Å²) in [7, 11) is 4.06. The van der Waals surface area contributed by atoms with Crippen molar-refractivity contribution in [2.75, 3.05) is 32.5 Å². The molecule has 0 saturated carbocycles. The normalized spacial score (nSPS) is 16.8.